The van der Waals surface area contributed by atoms with Crippen molar-refractivity contribution in [2.75, 3.05) is 5.32 Å². The van der Waals surface area contributed by atoms with E-state index in [4.69, 9.17) is 4.98 Å². The highest BCUT2D eigenvalue weighted by Crippen LogP contribution is 2.30. The number of amides is 1. The van der Waals surface area contributed by atoms with Gasteiger partial charge in [-0.1, -0.05) is 24.3 Å². The summed E-state index contributed by atoms with van der Waals surface area (Å²) >= 11 is 1.63. The van der Waals surface area contributed by atoms with Gasteiger partial charge in [0.25, 0.3) is 5.91 Å². The molecule has 0 atom stereocenters. The van der Waals surface area contributed by atoms with Crippen molar-refractivity contribution in [2.45, 2.75) is 6.92 Å². The summed E-state index contributed by atoms with van der Waals surface area (Å²) in [5.41, 5.74) is 2.44. The molecule has 128 valence electrons. The summed E-state index contributed by atoms with van der Waals surface area (Å²) in [6.07, 6.45) is 0. The Morgan fingerprint density at radius 2 is 1.88 bits per heavy atom. The van der Waals surface area contributed by atoms with Crippen LogP contribution in [0.3, 0.4) is 0 Å². The van der Waals surface area contributed by atoms with Gasteiger partial charge in [-0.25, -0.2) is 9.37 Å². The molecule has 0 fully saturated rings. The lowest BCUT2D eigenvalue weighted by molar-refractivity contribution is 0.102. The number of carbonyl (C=O) groups is 1. The summed E-state index contributed by atoms with van der Waals surface area (Å²) in [7, 11) is 0. The van der Waals surface area contributed by atoms with Crippen LogP contribution < -0.4 is 5.32 Å². The van der Waals surface area contributed by atoms with Gasteiger partial charge in [0.05, 0.1) is 21.7 Å². The fourth-order valence-corrected chi connectivity index (χ4v) is 3.65. The molecule has 0 radical (unpaired) electrons. The van der Waals surface area contributed by atoms with E-state index < -0.39 is 5.82 Å². The number of thiophene rings is 1. The zero-order chi connectivity index (χ0) is 18.1. The number of aryl methyl sites for hydroxylation is 1. The Morgan fingerprint density at radius 3 is 2.65 bits per heavy atom. The SMILES string of the molecule is Cc1ccc(-c2cc(C(=O)Nc3cccc(F)c3)c3ccccc3n2)s1. The van der Waals surface area contributed by atoms with Crippen LogP contribution in [0.25, 0.3) is 21.5 Å². The van der Waals surface area contributed by atoms with Crippen molar-refractivity contribution in [1.82, 2.24) is 4.98 Å². The first-order valence-electron chi connectivity index (χ1n) is 8.14. The maximum atomic E-state index is 13.4. The fraction of sp³-hybridized carbons (Fsp3) is 0.0476. The number of pyridine rings is 1. The van der Waals surface area contributed by atoms with Crippen LogP contribution in [-0.2, 0) is 0 Å². The normalized spacial score (nSPS) is 10.8. The Kier molecular flexibility index (Phi) is 4.22. The summed E-state index contributed by atoms with van der Waals surface area (Å²) in [6, 6.07) is 19.2. The molecule has 0 bridgehead atoms. The van der Waals surface area contributed by atoms with Crippen molar-refractivity contribution < 1.29 is 9.18 Å². The molecular weight excluding hydrogens is 347 g/mol. The largest absolute Gasteiger partial charge is 0.322 e. The second-order valence-corrected chi connectivity index (χ2v) is 7.23. The first-order valence-corrected chi connectivity index (χ1v) is 8.95. The number of hydrogen-bond donors (Lipinski definition) is 1. The van der Waals surface area contributed by atoms with E-state index in [0.29, 0.717) is 11.3 Å². The summed E-state index contributed by atoms with van der Waals surface area (Å²) in [5.74, 6) is -0.680. The lowest BCUT2D eigenvalue weighted by atomic mass is 10.1. The molecule has 5 heteroatoms. The molecule has 2 heterocycles. The lowest BCUT2D eigenvalue weighted by Gasteiger charge is -2.10. The molecule has 0 saturated heterocycles. The Balaban J connectivity index is 1.81. The number of fused-ring (bicyclic) bond motifs is 1. The second-order valence-electron chi connectivity index (χ2n) is 5.95. The van der Waals surface area contributed by atoms with Crippen molar-refractivity contribution in [3.63, 3.8) is 0 Å². The van der Waals surface area contributed by atoms with Gasteiger partial charge in [-0.05, 0) is 49.4 Å². The van der Waals surface area contributed by atoms with Gasteiger partial charge in [0.2, 0.25) is 0 Å². The minimum atomic E-state index is -0.392. The van der Waals surface area contributed by atoms with Crippen LogP contribution in [0.2, 0.25) is 0 Å². The molecule has 4 rings (SSSR count). The Labute approximate surface area is 154 Å². The molecule has 26 heavy (non-hydrogen) atoms. The molecule has 1 amide bonds. The third-order valence-electron chi connectivity index (χ3n) is 4.04. The molecule has 0 aliphatic carbocycles. The van der Waals surface area contributed by atoms with Gasteiger partial charge in [-0.2, -0.15) is 0 Å². The fourth-order valence-electron chi connectivity index (χ4n) is 2.83. The average molecular weight is 362 g/mol. The number of nitrogens with one attached hydrogen (secondary N) is 1. The van der Waals surface area contributed by atoms with Crippen LogP contribution in [0.4, 0.5) is 10.1 Å². The minimum absolute atomic E-state index is 0.288. The molecule has 1 N–H and O–H groups in total. The number of benzene rings is 2. The predicted octanol–water partition coefficient (Wildman–Crippen LogP) is 5.66. The van der Waals surface area contributed by atoms with E-state index in [1.54, 1.807) is 29.5 Å². The molecule has 4 aromatic rings. The number of halogens is 1. The quantitative estimate of drug-likeness (QED) is 0.511. The van der Waals surface area contributed by atoms with E-state index in [9.17, 15) is 9.18 Å². The third-order valence-corrected chi connectivity index (χ3v) is 5.06. The molecule has 2 aromatic heterocycles. The smallest absolute Gasteiger partial charge is 0.256 e. The predicted molar refractivity (Wildman–Crippen MR) is 104 cm³/mol. The Morgan fingerprint density at radius 1 is 1.04 bits per heavy atom. The summed E-state index contributed by atoms with van der Waals surface area (Å²) in [5, 5.41) is 3.53. The zero-order valence-corrected chi connectivity index (χ0v) is 14.8. The van der Waals surface area contributed by atoms with Crippen LogP contribution in [0.5, 0.6) is 0 Å². The number of para-hydroxylation sites is 1. The standard InChI is InChI=1S/C21H15FN2OS/c1-13-9-10-20(26-13)19-12-17(16-7-2-3-8-18(16)24-19)21(25)23-15-6-4-5-14(22)11-15/h2-12H,1H3,(H,23,25). The summed E-state index contributed by atoms with van der Waals surface area (Å²) < 4.78 is 13.4. The average Bonchev–Trinajstić information content (AvgIpc) is 3.07. The Hall–Kier alpha value is -3.05. The van der Waals surface area contributed by atoms with E-state index in [1.807, 2.05) is 43.3 Å². The van der Waals surface area contributed by atoms with Crippen molar-refractivity contribution in [2.24, 2.45) is 0 Å². The number of hydrogen-bond acceptors (Lipinski definition) is 3. The molecule has 0 unspecified atom stereocenters. The van der Waals surface area contributed by atoms with Gasteiger partial charge in [-0.3, -0.25) is 4.79 Å². The highest BCUT2D eigenvalue weighted by atomic mass is 32.1. The van der Waals surface area contributed by atoms with Crippen molar-refractivity contribution >= 4 is 33.8 Å². The van der Waals surface area contributed by atoms with Crippen molar-refractivity contribution in [3.8, 4) is 10.6 Å². The number of carbonyl (C=O) groups excluding carboxylic acids is 1. The Bertz CT molecular complexity index is 1120. The van der Waals surface area contributed by atoms with E-state index in [2.05, 4.69) is 5.32 Å². The monoisotopic (exact) mass is 362 g/mol. The molecule has 2 aromatic carbocycles. The number of anilines is 1. The van der Waals surface area contributed by atoms with Crippen LogP contribution in [0.1, 0.15) is 15.2 Å². The maximum Gasteiger partial charge on any atom is 0.256 e. The molecule has 0 aliphatic heterocycles. The summed E-state index contributed by atoms with van der Waals surface area (Å²) in [4.78, 5) is 19.8. The first kappa shape index (κ1) is 16.4. The van der Waals surface area contributed by atoms with Gasteiger partial charge in [0.1, 0.15) is 5.82 Å². The van der Waals surface area contributed by atoms with Crippen LogP contribution in [0, 0.1) is 12.7 Å². The molecule has 0 aliphatic rings. The van der Waals surface area contributed by atoms with Crippen LogP contribution in [0.15, 0.2) is 66.7 Å². The third kappa shape index (κ3) is 3.21. The molecule has 0 saturated carbocycles. The van der Waals surface area contributed by atoms with E-state index in [0.717, 1.165) is 21.5 Å². The first-order chi connectivity index (χ1) is 12.6. The van der Waals surface area contributed by atoms with E-state index >= 15 is 0 Å². The van der Waals surface area contributed by atoms with Crippen LogP contribution >= 0.6 is 11.3 Å². The van der Waals surface area contributed by atoms with Gasteiger partial charge in [0.15, 0.2) is 0 Å². The van der Waals surface area contributed by atoms with Gasteiger partial charge < -0.3 is 5.32 Å². The highest BCUT2D eigenvalue weighted by Gasteiger charge is 2.15. The van der Waals surface area contributed by atoms with Crippen molar-refractivity contribution in [1.29, 1.82) is 0 Å². The van der Waals surface area contributed by atoms with Gasteiger partial charge >= 0.3 is 0 Å². The highest BCUT2D eigenvalue weighted by molar-refractivity contribution is 7.15. The molecule has 3 nitrogen and oxygen atoms in total. The minimum Gasteiger partial charge on any atom is -0.322 e. The maximum absolute atomic E-state index is 13.4. The van der Waals surface area contributed by atoms with Gasteiger partial charge in [0, 0.05) is 16.0 Å². The van der Waals surface area contributed by atoms with Gasteiger partial charge in [-0.15, -0.1) is 11.3 Å². The van der Waals surface area contributed by atoms with Crippen LogP contribution in [-0.4, -0.2) is 10.9 Å². The molecular formula is C21H15FN2OS. The second kappa shape index (κ2) is 6.69. The van der Waals surface area contributed by atoms with Crippen molar-refractivity contribution in [3.05, 3.63) is 83.0 Å². The lowest BCUT2D eigenvalue weighted by Crippen LogP contribution is -2.13. The number of rotatable bonds is 3. The summed E-state index contributed by atoms with van der Waals surface area (Å²) in [6.45, 7) is 2.03. The van der Waals surface area contributed by atoms with E-state index in [1.165, 1.54) is 17.0 Å². The number of aromatic nitrogens is 1. The topological polar surface area (TPSA) is 42.0 Å². The zero-order valence-electron chi connectivity index (χ0n) is 14.0. The van der Waals surface area contributed by atoms with E-state index in [-0.39, 0.29) is 5.91 Å². The number of nitrogens with zero attached hydrogens (tertiary/aromatic N) is 1. The molecule has 0 spiro atoms.